The third-order valence-corrected chi connectivity index (χ3v) is 2.59. The van der Waals surface area contributed by atoms with Gasteiger partial charge in [-0.25, -0.2) is 0 Å². The minimum atomic E-state index is 0.150. The van der Waals surface area contributed by atoms with E-state index in [0.29, 0.717) is 13.1 Å². The standard InChI is InChI=1S/C13H22N2O2/c1-4-5-15(6-7-16)10-12-8-11(2)13(17-12)9-14-3/h4,8,14,16H,1,5-7,9-10H2,2-3H3. The van der Waals surface area contributed by atoms with Crippen molar-refractivity contribution in [2.45, 2.75) is 20.0 Å². The van der Waals surface area contributed by atoms with Crippen molar-refractivity contribution in [2.75, 3.05) is 26.7 Å². The van der Waals surface area contributed by atoms with Crippen molar-refractivity contribution < 1.29 is 9.52 Å². The van der Waals surface area contributed by atoms with Crippen LogP contribution in [0.5, 0.6) is 0 Å². The van der Waals surface area contributed by atoms with Crippen molar-refractivity contribution in [3.63, 3.8) is 0 Å². The maximum absolute atomic E-state index is 8.97. The number of hydrogen-bond acceptors (Lipinski definition) is 4. The molecule has 0 aromatic carbocycles. The molecule has 1 aromatic heterocycles. The number of aryl methyl sites for hydroxylation is 1. The summed E-state index contributed by atoms with van der Waals surface area (Å²) in [5.74, 6) is 1.91. The summed E-state index contributed by atoms with van der Waals surface area (Å²) in [7, 11) is 1.90. The van der Waals surface area contributed by atoms with Crippen molar-refractivity contribution in [2.24, 2.45) is 0 Å². The molecule has 0 bridgehead atoms. The van der Waals surface area contributed by atoms with Gasteiger partial charge in [0.25, 0.3) is 0 Å². The molecule has 17 heavy (non-hydrogen) atoms. The number of nitrogens with one attached hydrogen (secondary N) is 1. The minimum absolute atomic E-state index is 0.150. The van der Waals surface area contributed by atoms with Crippen LogP contribution in [0.25, 0.3) is 0 Å². The van der Waals surface area contributed by atoms with Gasteiger partial charge in [0.1, 0.15) is 11.5 Å². The van der Waals surface area contributed by atoms with Crippen LogP contribution in [0.2, 0.25) is 0 Å². The van der Waals surface area contributed by atoms with E-state index in [1.807, 2.05) is 20.0 Å². The molecule has 1 rings (SSSR count). The van der Waals surface area contributed by atoms with Crippen LogP contribution in [0, 0.1) is 6.92 Å². The molecule has 0 aliphatic rings. The molecule has 0 unspecified atom stereocenters. The molecule has 1 aromatic rings. The minimum Gasteiger partial charge on any atom is -0.463 e. The highest BCUT2D eigenvalue weighted by atomic mass is 16.3. The lowest BCUT2D eigenvalue weighted by Crippen LogP contribution is -2.26. The van der Waals surface area contributed by atoms with Crippen LogP contribution in [-0.4, -0.2) is 36.8 Å². The Morgan fingerprint density at radius 3 is 2.94 bits per heavy atom. The Morgan fingerprint density at radius 1 is 1.59 bits per heavy atom. The number of rotatable bonds is 8. The second kappa shape index (κ2) is 7.27. The van der Waals surface area contributed by atoms with Crippen molar-refractivity contribution >= 4 is 0 Å². The topological polar surface area (TPSA) is 48.6 Å². The molecule has 0 saturated carbocycles. The second-order valence-corrected chi connectivity index (χ2v) is 4.10. The summed E-state index contributed by atoms with van der Waals surface area (Å²) >= 11 is 0. The molecule has 0 spiro atoms. The monoisotopic (exact) mass is 238 g/mol. The summed E-state index contributed by atoms with van der Waals surface area (Å²) in [6, 6.07) is 2.06. The van der Waals surface area contributed by atoms with E-state index in [2.05, 4.69) is 22.9 Å². The Kier molecular flexibility index (Phi) is 5.97. The van der Waals surface area contributed by atoms with Gasteiger partial charge in [-0.2, -0.15) is 0 Å². The number of furan rings is 1. The predicted octanol–water partition coefficient (Wildman–Crippen LogP) is 1.29. The molecule has 2 N–H and O–H groups in total. The number of aliphatic hydroxyl groups excluding tert-OH is 1. The molecule has 4 nitrogen and oxygen atoms in total. The first-order valence-corrected chi connectivity index (χ1v) is 5.88. The lowest BCUT2D eigenvalue weighted by atomic mass is 10.2. The highest BCUT2D eigenvalue weighted by Gasteiger charge is 2.10. The molecule has 0 amide bonds. The zero-order chi connectivity index (χ0) is 12.7. The van der Waals surface area contributed by atoms with Gasteiger partial charge in [-0.1, -0.05) is 6.08 Å². The summed E-state index contributed by atoms with van der Waals surface area (Å²) in [5.41, 5.74) is 1.16. The van der Waals surface area contributed by atoms with Crippen molar-refractivity contribution in [1.29, 1.82) is 0 Å². The van der Waals surface area contributed by atoms with E-state index in [4.69, 9.17) is 9.52 Å². The van der Waals surface area contributed by atoms with E-state index >= 15 is 0 Å². The molecule has 0 aliphatic carbocycles. The number of nitrogens with zero attached hydrogens (tertiary/aromatic N) is 1. The van der Waals surface area contributed by atoms with Gasteiger partial charge in [0.2, 0.25) is 0 Å². The van der Waals surface area contributed by atoms with Crippen LogP contribution in [0.3, 0.4) is 0 Å². The second-order valence-electron chi connectivity index (χ2n) is 4.10. The molecular formula is C13H22N2O2. The first-order valence-electron chi connectivity index (χ1n) is 5.88. The van der Waals surface area contributed by atoms with E-state index in [-0.39, 0.29) is 6.61 Å². The largest absolute Gasteiger partial charge is 0.463 e. The third-order valence-electron chi connectivity index (χ3n) is 2.59. The van der Waals surface area contributed by atoms with E-state index in [1.54, 1.807) is 0 Å². The third kappa shape index (κ3) is 4.34. The number of hydrogen-bond donors (Lipinski definition) is 2. The van der Waals surface area contributed by atoms with Gasteiger partial charge >= 0.3 is 0 Å². The molecule has 0 saturated heterocycles. The molecule has 1 heterocycles. The van der Waals surface area contributed by atoms with Crippen LogP contribution in [0.15, 0.2) is 23.1 Å². The van der Waals surface area contributed by atoms with Gasteiger partial charge < -0.3 is 14.8 Å². The zero-order valence-electron chi connectivity index (χ0n) is 10.7. The summed E-state index contributed by atoms with van der Waals surface area (Å²) in [6.07, 6.45) is 1.83. The quantitative estimate of drug-likeness (QED) is 0.670. The fraction of sp³-hybridized carbons (Fsp3) is 0.538. The maximum Gasteiger partial charge on any atom is 0.120 e. The molecule has 0 fully saturated rings. The van der Waals surface area contributed by atoms with E-state index < -0.39 is 0 Å². The molecule has 0 atom stereocenters. The summed E-state index contributed by atoms with van der Waals surface area (Å²) in [5, 5.41) is 12.0. The summed E-state index contributed by atoms with van der Waals surface area (Å²) in [6.45, 7) is 8.74. The fourth-order valence-corrected chi connectivity index (χ4v) is 1.78. The van der Waals surface area contributed by atoms with Crippen molar-refractivity contribution in [3.05, 3.63) is 35.8 Å². The first-order chi connectivity index (χ1) is 8.21. The Bertz CT molecular complexity index is 347. The van der Waals surface area contributed by atoms with E-state index in [9.17, 15) is 0 Å². The van der Waals surface area contributed by atoms with Gasteiger partial charge in [0.15, 0.2) is 0 Å². The Morgan fingerprint density at radius 2 is 2.35 bits per heavy atom. The normalized spacial score (nSPS) is 11.1. The van der Waals surface area contributed by atoms with Crippen LogP contribution in [0.1, 0.15) is 17.1 Å². The highest BCUT2D eigenvalue weighted by Crippen LogP contribution is 2.16. The fourth-order valence-electron chi connectivity index (χ4n) is 1.78. The van der Waals surface area contributed by atoms with Crippen molar-refractivity contribution in [1.82, 2.24) is 10.2 Å². The highest BCUT2D eigenvalue weighted by molar-refractivity contribution is 5.20. The van der Waals surface area contributed by atoms with Crippen LogP contribution < -0.4 is 5.32 Å². The maximum atomic E-state index is 8.97. The molecule has 0 aliphatic heterocycles. The molecular weight excluding hydrogens is 216 g/mol. The van der Waals surface area contributed by atoms with Crippen LogP contribution >= 0.6 is 0 Å². The van der Waals surface area contributed by atoms with Gasteiger partial charge in [0.05, 0.1) is 19.7 Å². The van der Waals surface area contributed by atoms with Gasteiger partial charge in [-0.3, -0.25) is 4.90 Å². The van der Waals surface area contributed by atoms with E-state index in [1.165, 1.54) is 0 Å². The van der Waals surface area contributed by atoms with Gasteiger partial charge in [0, 0.05) is 13.1 Å². The Hall–Kier alpha value is -1.10. The van der Waals surface area contributed by atoms with Crippen LogP contribution in [-0.2, 0) is 13.1 Å². The van der Waals surface area contributed by atoms with Gasteiger partial charge in [-0.05, 0) is 25.6 Å². The average Bonchev–Trinajstić information content (AvgIpc) is 2.61. The number of aliphatic hydroxyl groups is 1. The smallest absolute Gasteiger partial charge is 0.120 e. The lowest BCUT2D eigenvalue weighted by molar-refractivity contribution is 0.193. The Labute approximate surface area is 103 Å². The SMILES string of the molecule is C=CCN(CCO)Cc1cc(C)c(CNC)o1. The summed E-state index contributed by atoms with van der Waals surface area (Å²) < 4.78 is 5.76. The molecule has 96 valence electrons. The average molecular weight is 238 g/mol. The van der Waals surface area contributed by atoms with E-state index in [0.717, 1.165) is 30.2 Å². The predicted molar refractivity (Wildman–Crippen MR) is 68.8 cm³/mol. The Balaban J connectivity index is 2.64. The lowest BCUT2D eigenvalue weighted by Gasteiger charge is -2.17. The summed E-state index contributed by atoms with van der Waals surface area (Å²) in [4.78, 5) is 2.09. The van der Waals surface area contributed by atoms with Gasteiger partial charge in [-0.15, -0.1) is 6.58 Å². The molecule has 4 heteroatoms. The molecule has 0 radical (unpaired) electrons. The van der Waals surface area contributed by atoms with Crippen molar-refractivity contribution in [3.8, 4) is 0 Å². The van der Waals surface area contributed by atoms with Crippen LogP contribution in [0.4, 0.5) is 0 Å². The zero-order valence-corrected chi connectivity index (χ0v) is 10.7. The first kappa shape index (κ1) is 14.0.